The Kier molecular flexibility index (Phi) is 5.79. The first kappa shape index (κ1) is 16.5. The van der Waals surface area contributed by atoms with Crippen LogP contribution in [0.25, 0.3) is 0 Å². The van der Waals surface area contributed by atoms with E-state index in [0.29, 0.717) is 0 Å². The number of nitrogens with zero attached hydrogens (tertiary/aromatic N) is 2. The number of hydrogen-bond donors (Lipinski definition) is 1. The molecule has 21 heavy (non-hydrogen) atoms. The molecule has 2 rings (SSSR count). The third-order valence-corrected chi connectivity index (χ3v) is 5.49. The summed E-state index contributed by atoms with van der Waals surface area (Å²) < 4.78 is 0. The molecule has 0 saturated carbocycles. The van der Waals surface area contributed by atoms with Crippen LogP contribution in [0, 0.1) is 6.92 Å². The third-order valence-electron chi connectivity index (χ3n) is 4.41. The molecule has 1 fully saturated rings. The zero-order valence-corrected chi connectivity index (χ0v) is 14.1. The SMILES string of the molecule is CCc1cc(C(=O)N2CCN(C(CC)CO)CC2)sc1C. The van der Waals surface area contributed by atoms with Crippen molar-refractivity contribution in [2.75, 3.05) is 32.8 Å². The molecule has 1 unspecified atom stereocenters. The van der Waals surface area contributed by atoms with Crippen LogP contribution in [0.3, 0.4) is 0 Å². The van der Waals surface area contributed by atoms with E-state index in [1.54, 1.807) is 11.3 Å². The van der Waals surface area contributed by atoms with Crippen molar-refractivity contribution in [3.8, 4) is 0 Å². The molecule has 1 aliphatic rings. The van der Waals surface area contributed by atoms with Crippen molar-refractivity contribution in [3.05, 3.63) is 21.4 Å². The molecule has 1 saturated heterocycles. The summed E-state index contributed by atoms with van der Waals surface area (Å²) in [6.07, 6.45) is 1.94. The van der Waals surface area contributed by atoms with Crippen LogP contribution in [0.5, 0.6) is 0 Å². The maximum atomic E-state index is 12.6. The van der Waals surface area contributed by atoms with Gasteiger partial charge < -0.3 is 10.0 Å². The molecule has 4 nitrogen and oxygen atoms in total. The molecule has 1 amide bonds. The molecule has 0 aliphatic carbocycles. The van der Waals surface area contributed by atoms with Crippen molar-refractivity contribution in [2.24, 2.45) is 0 Å². The topological polar surface area (TPSA) is 43.8 Å². The normalized spacial score (nSPS) is 18.0. The second kappa shape index (κ2) is 7.38. The minimum Gasteiger partial charge on any atom is -0.395 e. The van der Waals surface area contributed by atoms with Gasteiger partial charge in [-0.3, -0.25) is 9.69 Å². The van der Waals surface area contributed by atoms with Crippen LogP contribution in [0.2, 0.25) is 0 Å². The lowest BCUT2D eigenvalue weighted by atomic mass is 10.1. The van der Waals surface area contributed by atoms with Gasteiger partial charge in [-0.1, -0.05) is 13.8 Å². The monoisotopic (exact) mass is 310 g/mol. The van der Waals surface area contributed by atoms with Gasteiger partial charge >= 0.3 is 0 Å². The summed E-state index contributed by atoms with van der Waals surface area (Å²) in [7, 11) is 0. The molecule has 0 bridgehead atoms. The van der Waals surface area contributed by atoms with Crippen LogP contribution in [0.4, 0.5) is 0 Å². The molecule has 1 N–H and O–H groups in total. The summed E-state index contributed by atoms with van der Waals surface area (Å²) in [5, 5.41) is 9.37. The molecule has 2 heterocycles. The number of piperazine rings is 1. The summed E-state index contributed by atoms with van der Waals surface area (Å²) in [5.74, 6) is 0.166. The Morgan fingerprint density at radius 2 is 2.00 bits per heavy atom. The lowest BCUT2D eigenvalue weighted by molar-refractivity contribution is 0.0476. The van der Waals surface area contributed by atoms with Crippen LogP contribution in [0.1, 0.15) is 40.4 Å². The molecule has 0 radical (unpaired) electrons. The smallest absolute Gasteiger partial charge is 0.264 e. The Labute approximate surface area is 131 Å². The second-order valence-electron chi connectivity index (χ2n) is 5.62. The minimum atomic E-state index is 0.166. The number of amides is 1. The highest BCUT2D eigenvalue weighted by atomic mass is 32.1. The molecular weight excluding hydrogens is 284 g/mol. The fraction of sp³-hybridized carbons (Fsp3) is 0.688. The highest BCUT2D eigenvalue weighted by molar-refractivity contribution is 7.14. The fourth-order valence-electron chi connectivity index (χ4n) is 2.92. The highest BCUT2D eigenvalue weighted by Gasteiger charge is 2.26. The van der Waals surface area contributed by atoms with Crippen molar-refractivity contribution in [1.82, 2.24) is 9.80 Å². The van der Waals surface area contributed by atoms with Crippen LogP contribution < -0.4 is 0 Å². The highest BCUT2D eigenvalue weighted by Crippen LogP contribution is 2.24. The summed E-state index contributed by atoms with van der Waals surface area (Å²) >= 11 is 1.61. The zero-order chi connectivity index (χ0) is 15.4. The summed E-state index contributed by atoms with van der Waals surface area (Å²) in [5.41, 5.74) is 1.29. The maximum absolute atomic E-state index is 12.6. The van der Waals surface area contributed by atoms with Gasteiger partial charge in [0.05, 0.1) is 11.5 Å². The van der Waals surface area contributed by atoms with Gasteiger partial charge in [-0.25, -0.2) is 0 Å². The van der Waals surface area contributed by atoms with Crippen molar-refractivity contribution in [2.45, 2.75) is 39.7 Å². The number of carbonyl (C=O) groups is 1. The molecule has 118 valence electrons. The first-order chi connectivity index (χ1) is 10.1. The average molecular weight is 310 g/mol. The van der Waals surface area contributed by atoms with Gasteiger partial charge in [0.2, 0.25) is 0 Å². The minimum absolute atomic E-state index is 0.166. The predicted molar refractivity (Wildman–Crippen MR) is 87.1 cm³/mol. The van der Waals surface area contributed by atoms with Crippen molar-refractivity contribution >= 4 is 17.2 Å². The molecule has 0 aromatic carbocycles. The number of hydrogen-bond acceptors (Lipinski definition) is 4. The number of rotatable bonds is 5. The van der Waals surface area contributed by atoms with E-state index in [0.717, 1.165) is 43.9 Å². The number of carbonyl (C=O) groups excluding carboxylic acids is 1. The Morgan fingerprint density at radius 3 is 2.48 bits per heavy atom. The van der Waals surface area contributed by atoms with E-state index < -0.39 is 0 Å². The molecule has 1 aromatic heterocycles. The molecular formula is C16H26N2O2S. The van der Waals surface area contributed by atoms with Gasteiger partial charge in [0.1, 0.15) is 0 Å². The average Bonchev–Trinajstić information content (AvgIpc) is 2.89. The molecule has 1 atom stereocenters. The predicted octanol–water partition coefficient (Wildman–Crippen LogP) is 2.15. The van der Waals surface area contributed by atoms with E-state index in [9.17, 15) is 9.90 Å². The van der Waals surface area contributed by atoms with Crippen molar-refractivity contribution < 1.29 is 9.90 Å². The zero-order valence-electron chi connectivity index (χ0n) is 13.3. The standard InChI is InChI=1S/C16H26N2O2S/c1-4-13-10-15(21-12(13)3)16(20)18-8-6-17(7-9-18)14(5-2)11-19/h10,14,19H,4-9,11H2,1-3H3. The van der Waals surface area contributed by atoms with Gasteiger partial charge in [0.25, 0.3) is 5.91 Å². The molecule has 1 aliphatic heterocycles. The van der Waals surface area contributed by atoms with E-state index in [2.05, 4.69) is 31.7 Å². The van der Waals surface area contributed by atoms with E-state index in [1.807, 2.05) is 4.90 Å². The Morgan fingerprint density at radius 1 is 1.33 bits per heavy atom. The first-order valence-corrected chi connectivity index (χ1v) is 8.65. The molecule has 0 spiro atoms. The van der Waals surface area contributed by atoms with Crippen LogP contribution in [-0.4, -0.2) is 59.6 Å². The number of aliphatic hydroxyl groups excluding tert-OH is 1. The van der Waals surface area contributed by atoms with Crippen LogP contribution in [0.15, 0.2) is 6.07 Å². The van der Waals surface area contributed by atoms with Crippen molar-refractivity contribution in [1.29, 1.82) is 0 Å². The summed E-state index contributed by atoms with van der Waals surface area (Å²) in [4.78, 5) is 18.9. The maximum Gasteiger partial charge on any atom is 0.264 e. The first-order valence-electron chi connectivity index (χ1n) is 7.84. The van der Waals surface area contributed by atoms with Crippen LogP contribution in [-0.2, 0) is 6.42 Å². The molecule has 5 heteroatoms. The van der Waals surface area contributed by atoms with E-state index in [4.69, 9.17) is 0 Å². The quantitative estimate of drug-likeness (QED) is 0.906. The number of thiophene rings is 1. The largest absolute Gasteiger partial charge is 0.395 e. The van der Waals surface area contributed by atoms with Gasteiger partial charge in [0, 0.05) is 37.1 Å². The Bertz CT molecular complexity index is 475. The Balaban J connectivity index is 1.96. The summed E-state index contributed by atoms with van der Waals surface area (Å²) in [6, 6.07) is 2.29. The number of aliphatic hydroxyl groups is 1. The van der Waals surface area contributed by atoms with Crippen LogP contribution >= 0.6 is 11.3 Å². The second-order valence-corrected chi connectivity index (χ2v) is 6.87. The van der Waals surface area contributed by atoms with Gasteiger partial charge in [-0.2, -0.15) is 0 Å². The van der Waals surface area contributed by atoms with E-state index in [1.165, 1.54) is 10.4 Å². The fourth-order valence-corrected chi connectivity index (χ4v) is 4.01. The third kappa shape index (κ3) is 3.65. The van der Waals surface area contributed by atoms with E-state index in [-0.39, 0.29) is 18.6 Å². The lowest BCUT2D eigenvalue weighted by Crippen LogP contribution is -2.52. The molecule has 1 aromatic rings. The lowest BCUT2D eigenvalue weighted by Gasteiger charge is -2.38. The van der Waals surface area contributed by atoms with Gasteiger partial charge in [-0.05, 0) is 31.4 Å². The summed E-state index contributed by atoms with van der Waals surface area (Å²) in [6.45, 7) is 9.74. The Hall–Kier alpha value is -0.910. The number of aryl methyl sites for hydroxylation is 2. The van der Waals surface area contributed by atoms with Gasteiger partial charge in [-0.15, -0.1) is 11.3 Å². The van der Waals surface area contributed by atoms with Crippen molar-refractivity contribution in [3.63, 3.8) is 0 Å². The van der Waals surface area contributed by atoms with Gasteiger partial charge in [0.15, 0.2) is 0 Å². The van der Waals surface area contributed by atoms with E-state index >= 15 is 0 Å².